The van der Waals surface area contributed by atoms with Gasteiger partial charge in [-0.15, -0.1) is 0 Å². The number of alkyl halides is 3. The molecule has 108 valence electrons. The second-order valence-corrected chi connectivity index (χ2v) is 4.94. The maximum Gasteiger partial charge on any atom is 0.422 e. The van der Waals surface area contributed by atoms with Crippen LogP contribution in [0.4, 0.5) is 13.2 Å². The summed E-state index contributed by atoms with van der Waals surface area (Å²) in [6.07, 6.45) is -3.78. The molecule has 0 saturated heterocycles. The molecule has 0 spiro atoms. The van der Waals surface area contributed by atoms with Gasteiger partial charge in [-0.3, -0.25) is 0 Å². The van der Waals surface area contributed by atoms with E-state index in [-0.39, 0.29) is 17.0 Å². The summed E-state index contributed by atoms with van der Waals surface area (Å²) in [5.41, 5.74) is 5.41. The second-order valence-electron chi connectivity index (χ2n) is 4.94. The largest absolute Gasteiger partial charge is 0.490 e. The third-order valence-corrected chi connectivity index (χ3v) is 2.24. The van der Waals surface area contributed by atoms with E-state index in [9.17, 15) is 13.2 Å². The lowest BCUT2D eigenvalue weighted by Crippen LogP contribution is -2.33. The fourth-order valence-electron chi connectivity index (χ4n) is 1.27. The molecule has 0 amide bonds. The monoisotopic (exact) mass is 277 g/mol. The van der Waals surface area contributed by atoms with Gasteiger partial charge < -0.3 is 15.2 Å². The van der Waals surface area contributed by atoms with Crippen LogP contribution in [0.2, 0.25) is 0 Å². The van der Waals surface area contributed by atoms with Crippen molar-refractivity contribution >= 4 is 0 Å². The minimum atomic E-state index is -4.37. The first kappa shape index (κ1) is 15.6. The van der Waals surface area contributed by atoms with E-state index in [4.69, 9.17) is 15.2 Å². The van der Waals surface area contributed by atoms with Crippen LogP contribution in [0.3, 0.4) is 0 Å². The lowest BCUT2D eigenvalue weighted by atomic mass is 10.0. The molecule has 0 bridgehead atoms. The van der Waals surface area contributed by atoms with E-state index < -0.39 is 12.8 Å². The average molecular weight is 277 g/mol. The van der Waals surface area contributed by atoms with Crippen molar-refractivity contribution in [3.63, 3.8) is 0 Å². The van der Waals surface area contributed by atoms with Crippen molar-refractivity contribution in [1.29, 1.82) is 0 Å². The van der Waals surface area contributed by atoms with E-state index in [2.05, 4.69) is 0 Å². The van der Waals surface area contributed by atoms with Crippen LogP contribution in [0, 0.1) is 0 Å². The standard InChI is InChI=1S/C13H18F3NO2/c1-12(2,17)7-8-18-10-5-3-4-6-11(10)19-9-13(14,15)16/h3-6H,7-9,17H2,1-2H3. The number of hydrogen-bond donors (Lipinski definition) is 1. The molecule has 1 aromatic carbocycles. The predicted molar refractivity (Wildman–Crippen MR) is 66.4 cm³/mol. The van der Waals surface area contributed by atoms with Crippen molar-refractivity contribution < 1.29 is 22.6 Å². The normalized spacial score (nSPS) is 12.3. The average Bonchev–Trinajstić information content (AvgIpc) is 2.25. The van der Waals surface area contributed by atoms with E-state index in [1.807, 2.05) is 13.8 Å². The third-order valence-electron chi connectivity index (χ3n) is 2.24. The second kappa shape index (κ2) is 6.14. The zero-order chi connectivity index (χ0) is 14.5. The first-order valence-electron chi connectivity index (χ1n) is 5.88. The Balaban J connectivity index is 2.58. The lowest BCUT2D eigenvalue weighted by Gasteiger charge is -2.19. The van der Waals surface area contributed by atoms with Crippen LogP contribution in [-0.2, 0) is 0 Å². The maximum absolute atomic E-state index is 12.1. The summed E-state index contributed by atoms with van der Waals surface area (Å²) in [4.78, 5) is 0. The van der Waals surface area contributed by atoms with Gasteiger partial charge >= 0.3 is 6.18 Å². The Morgan fingerprint density at radius 3 is 2.05 bits per heavy atom. The third kappa shape index (κ3) is 6.91. The Bertz CT molecular complexity index is 400. The van der Waals surface area contributed by atoms with Crippen LogP contribution in [0.25, 0.3) is 0 Å². The molecule has 0 unspecified atom stereocenters. The van der Waals surface area contributed by atoms with Crippen LogP contribution in [0.1, 0.15) is 20.3 Å². The Kier molecular flexibility index (Phi) is 5.05. The molecule has 6 heteroatoms. The van der Waals surface area contributed by atoms with E-state index in [1.54, 1.807) is 18.2 Å². The smallest absolute Gasteiger partial charge is 0.422 e. The topological polar surface area (TPSA) is 44.5 Å². The zero-order valence-electron chi connectivity index (χ0n) is 11.0. The summed E-state index contributed by atoms with van der Waals surface area (Å²) < 4.78 is 46.4. The molecule has 0 aromatic heterocycles. The molecule has 1 aromatic rings. The summed E-state index contributed by atoms with van der Waals surface area (Å²) in [6.45, 7) is 2.68. The van der Waals surface area contributed by atoms with Crippen molar-refractivity contribution in [2.75, 3.05) is 13.2 Å². The number of ether oxygens (including phenoxy) is 2. The molecule has 0 aliphatic rings. The molecule has 0 saturated carbocycles. The Morgan fingerprint density at radius 2 is 1.58 bits per heavy atom. The molecule has 2 N–H and O–H groups in total. The molecule has 0 fully saturated rings. The Morgan fingerprint density at radius 1 is 1.05 bits per heavy atom. The molecule has 0 heterocycles. The van der Waals surface area contributed by atoms with Crippen molar-refractivity contribution in [1.82, 2.24) is 0 Å². The number of hydrogen-bond acceptors (Lipinski definition) is 3. The highest BCUT2D eigenvalue weighted by Gasteiger charge is 2.28. The fraction of sp³-hybridized carbons (Fsp3) is 0.538. The molecular weight excluding hydrogens is 259 g/mol. The van der Waals surface area contributed by atoms with E-state index in [1.165, 1.54) is 6.07 Å². The number of benzene rings is 1. The summed E-state index contributed by atoms with van der Waals surface area (Å²) >= 11 is 0. The molecular formula is C13H18F3NO2. The van der Waals surface area contributed by atoms with Crippen LogP contribution >= 0.6 is 0 Å². The molecule has 0 aliphatic carbocycles. The Labute approximate surface area is 110 Å². The first-order chi connectivity index (χ1) is 8.67. The lowest BCUT2D eigenvalue weighted by molar-refractivity contribution is -0.153. The van der Waals surface area contributed by atoms with Gasteiger partial charge in [-0.2, -0.15) is 13.2 Å². The number of para-hydroxylation sites is 2. The quantitative estimate of drug-likeness (QED) is 0.868. The molecule has 0 radical (unpaired) electrons. The highest BCUT2D eigenvalue weighted by Crippen LogP contribution is 2.28. The van der Waals surface area contributed by atoms with Gasteiger partial charge in [-0.25, -0.2) is 0 Å². The molecule has 0 atom stereocenters. The van der Waals surface area contributed by atoms with Crippen molar-refractivity contribution in [3.05, 3.63) is 24.3 Å². The fourth-order valence-corrected chi connectivity index (χ4v) is 1.27. The minimum absolute atomic E-state index is 0.0784. The van der Waals surface area contributed by atoms with Crippen LogP contribution in [-0.4, -0.2) is 24.9 Å². The SMILES string of the molecule is CC(C)(N)CCOc1ccccc1OCC(F)(F)F. The van der Waals surface area contributed by atoms with E-state index in [0.29, 0.717) is 13.0 Å². The van der Waals surface area contributed by atoms with Crippen molar-refractivity contribution in [2.45, 2.75) is 32.0 Å². The van der Waals surface area contributed by atoms with Crippen LogP contribution < -0.4 is 15.2 Å². The Hall–Kier alpha value is -1.43. The van der Waals surface area contributed by atoms with Gasteiger partial charge in [0.15, 0.2) is 18.1 Å². The highest BCUT2D eigenvalue weighted by molar-refractivity contribution is 5.39. The number of nitrogens with two attached hydrogens (primary N) is 1. The maximum atomic E-state index is 12.1. The molecule has 3 nitrogen and oxygen atoms in total. The van der Waals surface area contributed by atoms with Gasteiger partial charge in [0.1, 0.15) is 0 Å². The summed E-state index contributed by atoms with van der Waals surface area (Å²) in [5, 5.41) is 0. The van der Waals surface area contributed by atoms with Crippen LogP contribution in [0.15, 0.2) is 24.3 Å². The van der Waals surface area contributed by atoms with Gasteiger partial charge in [-0.1, -0.05) is 12.1 Å². The zero-order valence-corrected chi connectivity index (χ0v) is 11.0. The van der Waals surface area contributed by atoms with Gasteiger partial charge in [0.05, 0.1) is 6.61 Å². The minimum Gasteiger partial charge on any atom is -0.490 e. The molecule has 0 aliphatic heterocycles. The van der Waals surface area contributed by atoms with Crippen molar-refractivity contribution in [2.24, 2.45) is 5.73 Å². The highest BCUT2D eigenvalue weighted by atomic mass is 19.4. The molecule has 1 rings (SSSR count). The van der Waals surface area contributed by atoms with Crippen LogP contribution in [0.5, 0.6) is 11.5 Å². The number of rotatable bonds is 6. The first-order valence-corrected chi connectivity index (χ1v) is 5.88. The van der Waals surface area contributed by atoms with Gasteiger partial charge in [-0.05, 0) is 32.4 Å². The summed E-state index contributed by atoms with van der Waals surface area (Å²) in [7, 11) is 0. The summed E-state index contributed by atoms with van der Waals surface area (Å²) in [5.74, 6) is 0.366. The number of halogens is 3. The predicted octanol–water partition coefficient (Wildman–Crippen LogP) is 3.13. The van der Waals surface area contributed by atoms with Gasteiger partial charge in [0, 0.05) is 5.54 Å². The summed E-state index contributed by atoms with van der Waals surface area (Å²) in [6, 6.07) is 6.26. The van der Waals surface area contributed by atoms with Gasteiger partial charge in [0.25, 0.3) is 0 Å². The van der Waals surface area contributed by atoms with Crippen molar-refractivity contribution in [3.8, 4) is 11.5 Å². The van der Waals surface area contributed by atoms with E-state index >= 15 is 0 Å². The molecule has 19 heavy (non-hydrogen) atoms. The van der Waals surface area contributed by atoms with E-state index in [0.717, 1.165) is 0 Å². The van der Waals surface area contributed by atoms with Gasteiger partial charge in [0.2, 0.25) is 0 Å².